The van der Waals surface area contributed by atoms with Gasteiger partial charge in [0.2, 0.25) is 0 Å². The minimum Gasteiger partial charge on any atom is -0.428 e. The fraction of sp³-hybridized carbons (Fsp3) is 0.231. The molecule has 0 saturated carbocycles. The molecule has 0 saturated heterocycles. The van der Waals surface area contributed by atoms with Gasteiger partial charge in [0, 0.05) is 0 Å². The van der Waals surface area contributed by atoms with Crippen LogP contribution in [0.1, 0.15) is 17.0 Å². The molecule has 1 N–H and O–H groups in total. The van der Waals surface area contributed by atoms with Gasteiger partial charge >= 0.3 is 18.2 Å². The average Bonchev–Trinajstić information content (AvgIpc) is 2.91. The monoisotopic (exact) mass is 297 g/mol. The molecule has 1 aromatic carbocycles. The van der Waals surface area contributed by atoms with Crippen molar-refractivity contribution in [3.63, 3.8) is 0 Å². The second-order valence-corrected chi connectivity index (χ2v) is 4.48. The third kappa shape index (κ3) is 2.56. The highest BCUT2D eigenvalue weighted by atomic mass is 19.4. The molecule has 3 rings (SSSR count). The first-order valence-corrected chi connectivity index (χ1v) is 6.02. The Morgan fingerprint density at radius 1 is 1.05 bits per heavy atom. The van der Waals surface area contributed by atoms with Crippen molar-refractivity contribution < 1.29 is 22.0 Å². The molecule has 0 aliphatic heterocycles. The third-order valence-electron chi connectivity index (χ3n) is 2.96. The molecule has 0 bridgehead atoms. The molecule has 0 aliphatic rings. The molecule has 110 valence electrons. The number of aromatic nitrogens is 2. The summed E-state index contributed by atoms with van der Waals surface area (Å²) in [7, 11) is 0. The largest absolute Gasteiger partial charge is 0.428 e. The highest BCUT2D eigenvalue weighted by molar-refractivity contribution is 5.75. The van der Waals surface area contributed by atoms with Crippen molar-refractivity contribution >= 4 is 23.1 Å². The van der Waals surface area contributed by atoms with Crippen molar-refractivity contribution in [3.05, 3.63) is 35.2 Å². The van der Waals surface area contributed by atoms with Gasteiger partial charge in [-0.3, -0.25) is 5.32 Å². The maximum atomic E-state index is 12.6. The Balaban J connectivity index is 1.94. The van der Waals surface area contributed by atoms with Crippen molar-refractivity contribution in [2.24, 2.45) is 0 Å². The van der Waals surface area contributed by atoms with E-state index < -0.39 is 11.7 Å². The highest BCUT2D eigenvalue weighted by Gasteiger charge is 2.31. The summed E-state index contributed by atoms with van der Waals surface area (Å²) in [4.78, 5) is 8.02. The van der Waals surface area contributed by atoms with Crippen LogP contribution in [-0.2, 0) is 6.18 Å². The average molecular weight is 297 g/mol. The number of aryl methyl sites for hydroxylation is 2. The minimum absolute atomic E-state index is 0.0191. The Morgan fingerprint density at radius 3 is 2.38 bits per heavy atom. The molecule has 0 amide bonds. The quantitative estimate of drug-likeness (QED) is 0.768. The van der Waals surface area contributed by atoms with Gasteiger partial charge in [0.1, 0.15) is 11.3 Å². The summed E-state index contributed by atoms with van der Waals surface area (Å²) in [5.41, 5.74) is 0.267. The maximum Gasteiger partial charge on any atom is 0.416 e. The molecule has 0 aliphatic carbocycles. The van der Waals surface area contributed by atoms with E-state index in [1.165, 1.54) is 6.07 Å². The Labute approximate surface area is 116 Å². The summed E-state index contributed by atoms with van der Waals surface area (Å²) in [5, 5.41) is 2.68. The van der Waals surface area contributed by atoms with Crippen LogP contribution in [0.2, 0.25) is 0 Å². The SMILES string of the molecule is Cc1nc(Nc2nc3cc(C(F)(F)F)ccc3o2)oc1C. The number of rotatable bonds is 2. The van der Waals surface area contributed by atoms with Gasteiger partial charge in [0.05, 0.1) is 11.3 Å². The second-order valence-electron chi connectivity index (χ2n) is 4.48. The molecular weight excluding hydrogens is 287 g/mol. The Morgan fingerprint density at radius 2 is 1.76 bits per heavy atom. The summed E-state index contributed by atoms with van der Waals surface area (Å²) < 4.78 is 48.4. The van der Waals surface area contributed by atoms with Crippen molar-refractivity contribution in [2.45, 2.75) is 20.0 Å². The van der Waals surface area contributed by atoms with Crippen molar-refractivity contribution in [3.8, 4) is 0 Å². The smallest absolute Gasteiger partial charge is 0.416 e. The lowest BCUT2D eigenvalue weighted by Crippen LogP contribution is -2.03. The zero-order valence-electron chi connectivity index (χ0n) is 11.1. The zero-order chi connectivity index (χ0) is 15.2. The Hall–Kier alpha value is -2.51. The van der Waals surface area contributed by atoms with E-state index in [0.29, 0.717) is 11.5 Å². The van der Waals surface area contributed by atoms with Gasteiger partial charge < -0.3 is 8.83 Å². The van der Waals surface area contributed by atoms with Crippen molar-refractivity contribution in [2.75, 3.05) is 5.32 Å². The molecular formula is C13H10F3N3O2. The lowest BCUT2D eigenvalue weighted by Gasteiger charge is -2.04. The summed E-state index contributed by atoms with van der Waals surface area (Å²) in [6.07, 6.45) is -4.42. The molecule has 5 nitrogen and oxygen atoms in total. The first-order valence-electron chi connectivity index (χ1n) is 6.02. The van der Waals surface area contributed by atoms with E-state index >= 15 is 0 Å². The van der Waals surface area contributed by atoms with Gasteiger partial charge in [-0.05, 0) is 32.0 Å². The molecule has 0 spiro atoms. The first-order chi connectivity index (χ1) is 9.83. The number of nitrogens with one attached hydrogen (secondary N) is 1. The van der Waals surface area contributed by atoms with Gasteiger partial charge in [0.15, 0.2) is 5.58 Å². The predicted octanol–water partition coefficient (Wildman–Crippen LogP) is 4.20. The topological polar surface area (TPSA) is 64.1 Å². The van der Waals surface area contributed by atoms with Crippen LogP contribution in [0, 0.1) is 13.8 Å². The van der Waals surface area contributed by atoms with Crippen LogP contribution in [0.4, 0.5) is 25.2 Å². The number of alkyl halides is 3. The van der Waals surface area contributed by atoms with Crippen LogP contribution >= 0.6 is 0 Å². The molecule has 0 unspecified atom stereocenters. The fourth-order valence-corrected chi connectivity index (χ4v) is 1.77. The van der Waals surface area contributed by atoms with Gasteiger partial charge in [-0.15, -0.1) is 0 Å². The predicted molar refractivity (Wildman–Crippen MR) is 68.3 cm³/mol. The van der Waals surface area contributed by atoms with Crippen LogP contribution in [0.25, 0.3) is 11.1 Å². The van der Waals surface area contributed by atoms with Crippen LogP contribution in [-0.4, -0.2) is 9.97 Å². The lowest BCUT2D eigenvalue weighted by atomic mass is 10.2. The van der Waals surface area contributed by atoms with E-state index in [9.17, 15) is 13.2 Å². The number of benzene rings is 1. The number of halogens is 3. The summed E-state index contributed by atoms with van der Waals surface area (Å²) in [6, 6.07) is 3.29. The van der Waals surface area contributed by atoms with Crippen molar-refractivity contribution in [1.82, 2.24) is 9.97 Å². The summed E-state index contributed by atoms with van der Waals surface area (Å²) in [6.45, 7) is 3.51. The van der Waals surface area contributed by atoms with E-state index in [1.54, 1.807) is 13.8 Å². The fourth-order valence-electron chi connectivity index (χ4n) is 1.77. The van der Waals surface area contributed by atoms with Gasteiger partial charge in [-0.25, -0.2) is 0 Å². The summed E-state index contributed by atoms with van der Waals surface area (Å²) in [5.74, 6) is 0.632. The van der Waals surface area contributed by atoms with Gasteiger partial charge in [-0.2, -0.15) is 23.1 Å². The number of nitrogens with zero attached hydrogens (tertiary/aromatic N) is 2. The second kappa shape index (κ2) is 4.51. The number of fused-ring (bicyclic) bond motifs is 1. The van der Waals surface area contributed by atoms with E-state index in [0.717, 1.165) is 12.1 Å². The third-order valence-corrected chi connectivity index (χ3v) is 2.96. The maximum absolute atomic E-state index is 12.6. The van der Waals surface area contributed by atoms with Crippen LogP contribution in [0.3, 0.4) is 0 Å². The molecule has 0 atom stereocenters. The Kier molecular flexibility index (Phi) is 2.89. The van der Waals surface area contributed by atoms with Crippen LogP contribution < -0.4 is 5.32 Å². The molecule has 8 heteroatoms. The molecule has 3 aromatic rings. The molecule has 0 fully saturated rings. The van der Waals surface area contributed by atoms with E-state index in [2.05, 4.69) is 15.3 Å². The van der Waals surface area contributed by atoms with Gasteiger partial charge in [-0.1, -0.05) is 0 Å². The summed E-state index contributed by atoms with van der Waals surface area (Å²) >= 11 is 0. The molecule has 21 heavy (non-hydrogen) atoms. The lowest BCUT2D eigenvalue weighted by molar-refractivity contribution is -0.137. The molecule has 2 heterocycles. The van der Waals surface area contributed by atoms with Crippen molar-refractivity contribution in [1.29, 1.82) is 0 Å². The molecule has 0 radical (unpaired) electrons. The zero-order valence-corrected chi connectivity index (χ0v) is 11.1. The Bertz CT molecular complexity index is 785. The normalized spacial score (nSPS) is 12.0. The van der Waals surface area contributed by atoms with Gasteiger partial charge in [0.25, 0.3) is 0 Å². The van der Waals surface area contributed by atoms with E-state index in [1.807, 2.05) is 0 Å². The molecule has 2 aromatic heterocycles. The highest BCUT2D eigenvalue weighted by Crippen LogP contribution is 2.32. The minimum atomic E-state index is -4.42. The van der Waals surface area contributed by atoms with Crippen LogP contribution in [0.15, 0.2) is 27.0 Å². The number of oxazole rings is 2. The number of hydrogen-bond acceptors (Lipinski definition) is 5. The number of anilines is 2. The van der Waals surface area contributed by atoms with Crippen LogP contribution in [0.5, 0.6) is 0 Å². The standard InChI is InChI=1S/C13H10F3N3O2/c1-6-7(2)20-11(17-6)19-12-18-9-5-8(13(14,15)16)3-4-10(9)21-12/h3-5H,1-2H3,(H,17,18,19). The van der Waals surface area contributed by atoms with E-state index in [4.69, 9.17) is 8.83 Å². The number of hydrogen-bond donors (Lipinski definition) is 1. The van der Waals surface area contributed by atoms with E-state index in [-0.39, 0.29) is 23.1 Å². The first kappa shape index (κ1) is 13.5.